The van der Waals surface area contributed by atoms with Crippen molar-refractivity contribution in [1.82, 2.24) is 9.80 Å². The molecule has 2 aliphatic heterocycles. The van der Waals surface area contributed by atoms with Gasteiger partial charge < -0.3 is 14.9 Å². The van der Waals surface area contributed by atoms with E-state index in [1.165, 1.54) is 58.2 Å². The lowest BCUT2D eigenvalue weighted by molar-refractivity contribution is -0.176. The molecule has 4 aliphatic rings. The molecule has 4 rings (SSSR count). The lowest BCUT2D eigenvalue weighted by Gasteiger charge is -2.33. The molecule has 5 nitrogen and oxygen atoms in total. The number of hydrogen-bond donors (Lipinski definition) is 3. The van der Waals surface area contributed by atoms with Gasteiger partial charge in [-0.2, -0.15) is 0 Å². The minimum atomic E-state index is -0.0321. The standard InChI is InChI=1S/C12H21N.C9H19NO.C2H6.H2O2.2H2/c1-2-4-10(5-3-1)7-13-8-11-6-12(11)9-13;1-3-8(2)10-6-4-9(11)5-7-10;2*1-2;;/h10-12H,1-9H2;8-9,11H,3-7H2,1-2H3;1-2H3;1-2H;2*1H. The Morgan fingerprint density at radius 2 is 1.46 bits per heavy atom. The molecule has 3 unspecified atom stereocenters. The minimum absolute atomic E-state index is 0. The fourth-order valence-corrected chi connectivity index (χ4v) is 4.96. The molecule has 4 fully saturated rings. The first-order chi connectivity index (χ1) is 13.7. The van der Waals surface area contributed by atoms with Crippen molar-refractivity contribution in [3.8, 4) is 0 Å². The Morgan fingerprint density at radius 3 is 1.96 bits per heavy atom. The van der Waals surface area contributed by atoms with E-state index >= 15 is 0 Å². The fraction of sp³-hybridized carbons (Fsp3) is 1.00. The highest BCUT2D eigenvalue weighted by Crippen LogP contribution is 2.45. The summed E-state index contributed by atoms with van der Waals surface area (Å²) in [4.78, 5) is 5.21. The normalized spacial score (nSPS) is 29.2. The van der Waals surface area contributed by atoms with Gasteiger partial charge in [-0.25, -0.2) is 0 Å². The maximum Gasteiger partial charge on any atom is 0.0564 e. The molecule has 0 bridgehead atoms. The number of aliphatic hydroxyl groups is 1. The van der Waals surface area contributed by atoms with Gasteiger partial charge in [0.1, 0.15) is 0 Å². The molecule has 5 heteroatoms. The van der Waals surface area contributed by atoms with Crippen molar-refractivity contribution in [3.63, 3.8) is 0 Å². The summed E-state index contributed by atoms with van der Waals surface area (Å²) in [5, 5.41) is 21.3. The van der Waals surface area contributed by atoms with Crippen LogP contribution in [0.3, 0.4) is 0 Å². The molecule has 0 amide bonds. The molecule has 2 heterocycles. The van der Waals surface area contributed by atoms with Crippen LogP contribution in [0, 0.1) is 17.8 Å². The Balaban J connectivity index is 0. The summed E-state index contributed by atoms with van der Waals surface area (Å²) in [6, 6.07) is 0.697. The van der Waals surface area contributed by atoms with E-state index in [-0.39, 0.29) is 8.96 Å². The SMILES string of the molecule is C1CCC(CN2CC3CC3C2)CC1.CC.CCC(C)N1CCC(O)CC1.OO.[HH].[HH]. The zero-order valence-corrected chi connectivity index (χ0v) is 19.0. The Bertz CT molecular complexity index is 369. The highest BCUT2D eigenvalue weighted by molar-refractivity contribution is 4.97. The first kappa shape index (κ1) is 25.8. The predicted molar refractivity (Wildman–Crippen MR) is 122 cm³/mol. The van der Waals surface area contributed by atoms with Gasteiger partial charge in [0.15, 0.2) is 0 Å². The van der Waals surface area contributed by atoms with Crippen molar-refractivity contribution in [2.45, 2.75) is 97.6 Å². The van der Waals surface area contributed by atoms with Gasteiger partial charge in [0.05, 0.1) is 6.10 Å². The van der Waals surface area contributed by atoms with E-state index in [0.29, 0.717) is 6.04 Å². The Morgan fingerprint density at radius 1 is 0.929 bits per heavy atom. The summed E-state index contributed by atoms with van der Waals surface area (Å²) in [6.45, 7) is 15.0. The quantitative estimate of drug-likeness (QED) is 0.438. The van der Waals surface area contributed by atoms with E-state index in [2.05, 4.69) is 23.6 Å². The minimum Gasteiger partial charge on any atom is -0.393 e. The third-order valence-corrected chi connectivity index (χ3v) is 7.01. The maximum atomic E-state index is 9.25. The lowest BCUT2D eigenvalue weighted by Crippen LogP contribution is -2.41. The van der Waals surface area contributed by atoms with Crippen molar-refractivity contribution < 1.29 is 18.5 Å². The third kappa shape index (κ3) is 9.08. The van der Waals surface area contributed by atoms with E-state index in [1.807, 2.05) is 13.8 Å². The van der Waals surface area contributed by atoms with Gasteiger partial charge in [0, 0.05) is 41.6 Å². The van der Waals surface area contributed by atoms with Crippen LogP contribution < -0.4 is 0 Å². The number of rotatable bonds is 4. The van der Waals surface area contributed by atoms with Gasteiger partial charge in [-0.15, -0.1) is 0 Å². The first-order valence-corrected chi connectivity index (χ1v) is 12.0. The number of likely N-dealkylation sites (tertiary alicyclic amines) is 2. The first-order valence-electron chi connectivity index (χ1n) is 12.0. The second kappa shape index (κ2) is 14.7. The van der Waals surface area contributed by atoms with Crippen LogP contribution in [0.5, 0.6) is 0 Å². The molecule has 172 valence electrons. The van der Waals surface area contributed by atoms with Gasteiger partial charge in [-0.3, -0.25) is 10.5 Å². The van der Waals surface area contributed by atoms with Crippen molar-refractivity contribution >= 4 is 0 Å². The highest BCUT2D eigenvalue weighted by Gasteiger charge is 2.45. The second-order valence-electron chi connectivity index (χ2n) is 9.00. The molecule has 0 aromatic heterocycles. The summed E-state index contributed by atoms with van der Waals surface area (Å²) in [6.07, 6.45) is 12.2. The molecule has 3 N–H and O–H groups in total. The topological polar surface area (TPSA) is 67.2 Å². The summed E-state index contributed by atoms with van der Waals surface area (Å²) >= 11 is 0. The van der Waals surface area contributed by atoms with Crippen LogP contribution >= 0.6 is 0 Å². The molecular weight excluding hydrogens is 352 g/mol. The zero-order chi connectivity index (χ0) is 20.9. The molecule has 0 aromatic carbocycles. The molecule has 2 saturated heterocycles. The number of piperidine rings is 2. The maximum absolute atomic E-state index is 9.25. The largest absolute Gasteiger partial charge is 0.393 e. The molecule has 0 spiro atoms. The van der Waals surface area contributed by atoms with Crippen LogP contribution in [0.2, 0.25) is 0 Å². The van der Waals surface area contributed by atoms with Gasteiger partial charge in [0.25, 0.3) is 0 Å². The van der Waals surface area contributed by atoms with E-state index in [9.17, 15) is 5.11 Å². The Hall–Kier alpha value is -0.200. The average molecular weight is 405 g/mol. The van der Waals surface area contributed by atoms with Crippen LogP contribution in [0.1, 0.15) is 88.3 Å². The van der Waals surface area contributed by atoms with Crippen LogP contribution in [-0.2, 0) is 0 Å². The number of fused-ring (bicyclic) bond motifs is 1. The Kier molecular flexibility index (Phi) is 13.6. The van der Waals surface area contributed by atoms with E-state index in [4.69, 9.17) is 10.5 Å². The van der Waals surface area contributed by atoms with E-state index < -0.39 is 0 Å². The van der Waals surface area contributed by atoms with Gasteiger partial charge in [0.2, 0.25) is 0 Å². The van der Waals surface area contributed by atoms with E-state index in [1.54, 1.807) is 6.42 Å². The summed E-state index contributed by atoms with van der Waals surface area (Å²) < 4.78 is 0. The fourth-order valence-electron chi connectivity index (χ4n) is 4.96. The van der Waals surface area contributed by atoms with E-state index in [0.717, 1.165) is 43.7 Å². The molecule has 2 saturated carbocycles. The van der Waals surface area contributed by atoms with Crippen LogP contribution in [-0.4, -0.2) is 70.3 Å². The molecule has 3 atom stereocenters. The average Bonchev–Trinajstić information content (AvgIpc) is 3.38. The lowest BCUT2D eigenvalue weighted by atomic mass is 9.89. The van der Waals surface area contributed by atoms with Crippen molar-refractivity contribution in [1.29, 1.82) is 0 Å². The molecule has 2 aliphatic carbocycles. The summed E-state index contributed by atoms with van der Waals surface area (Å²) in [5.41, 5.74) is 0. The molecule has 0 aromatic rings. The van der Waals surface area contributed by atoms with Crippen LogP contribution in [0.25, 0.3) is 0 Å². The molecular formula is C23H52N2O3. The van der Waals surface area contributed by atoms with Crippen LogP contribution in [0.4, 0.5) is 0 Å². The summed E-state index contributed by atoms with van der Waals surface area (Å²) in [5.74, 6) is 3.32. The van der Waals surface area contributed by atoms with Gasteiger partial charge in [-0.1, -0.05) is 40.0 Å². The smallest absolute Gasteiger partial charge is 0.0564 e. The number of aliphatic hydroxyl groups excluding tert-OH is 1. The molecule has 28 heavy (non-hydrogen) atoms. The van der Waals surface area contributed by atoms with Crippen LogP contribution in [0.15, 0.2) is 0 Å². The molecule has 0 radical (unpaired) electrons. The third-order valence-electron chi connectivity index (χ3n) is 7.01. The monoisotopic (exact) mass is 404 g/mol. The number of hydrogen-bond acceptors (Lipinski definition) is 5. The van der Waals surface area contributed by atoms with Crippen molar-refractivity contribution in [2.75, 3.05) is 32.7 Å². The second-order valence-corrected chi connectivity index (χ2v) is 9.00. The van der Waals surface area contributed by atoms with Crippen molar-refractivity contribution in [2.24, 2.45) is 17.8 Å². The van der Waals surface area contributed by atoms with Crippen molar-refractivity contribution in [3.05, 3.63) is 0 Å². The summed E-state index contributed by atoms with van der Waals surface area (Å²) in [7, 11) is 0. The van der Waals surface area contributed by atoms with Gasteiger partial charge in [-0.05, 0) is 63.2 Å². The van der Waals surface area contributed by atoms with Gasteiger partial charge >= 0.3 is 0 Å². The number of nitrogens with zero attached hydrogens (tertiary/aromatic N) is 2. The zero-order valence-electron chi connectivity index (χ0n) is 19.0. The predicted octanol–water partition coefficient (Wildman–Crippen LogP) is 5.30. The Labute approximate surface area is 177 Å². The highest BCUT2D eigenvalue weighted by atomic mass is 17.0.